The molecule has 3 aromatic rings. The van der Waals surface area contributed by atoms with Gasteiger partial charge in [0, 0.05) is 30.9 Å². The number of sulfonamides is 1. The quantitative estimate of drug-likeness (QED) is 0.531. The van der Waals surface area contributed by atoms with Crippen molar-refractivity contribution in [3.05, 3.63) is 72.1 Å². The number of ether oxygens (including phenoxy) is 1. The van der Waals surface area contributed by atoms with Crippen LogP contribution in [0.2, 0.25) is 0 Å². The smallest absolute Gasteiger partial charge is 0.251 e. The zero-order valence-corrected chi connectivity index (χ0v) is 20.3. The number of carbonyl (C=O) groups is 1. The van der Waals surface area contributed by atoms with Crippen molar-refractivity contribution in [1.82, 2.24) is 19.4 Å². The van der Waals surface area contributed by atoms with E-state index in [9.17, 15) is 13.2 Å². The second kappa shape index (κ2) is 10.4. The van der Waals surface area contributed by atoms with Gasteiger partial charge in [-0.1, -0.05) is 24.6 Å². The van der Waals surface area contributed by atoms with Crippen LogP contribution in [0.15, 0.2) is 65.8 Å². The van der Waals surface area contributed by atoms with E-state index in [1.807, 2.05) is 43.5 Å². The van der Waals surface area contributed by atoms with Crippen molar-refractivity contribution in [3.8, 4) is 11.4 Å². The molecule has 1 unspecified atom stereocenters. The molecule has 180 valence electrons. The fourth-order valence-corrected chi connectivity index (χ4v) is 6.09. The van der Waals surface area contributed by atoms with Gasteiger partial charge in [0.1, 0.15) is 10.6 Å². The number of hydrogen-bond acceptors (Lipinski definition) is 5. The minimum Gasteiger partial charge on any atom is -0.495 e. The average molecular weight is 483 g/mol. The number of hydrogen-bond donors (Lipinski definition) is 1. The highest BCUT2D eigenvalue weighted by Gasteiger charge is 2.33. The highest BCUT2D eigenvalue weighted by molar-refractivity contribution is 7.89. The Kier molecular flexibility index (Phi) is 7.33. The van der Waals surface area contributed by atoms with Gasteiger partial charge in [-0.25, -0.2) is 13.1 Å². The second-order valence-electron chi connectivity index (χ2n) is 8.46. The molecule has 34 heavy (non-hydrogen) atoms. The van der Waals surface area contributed by atoms with Gasteiger partial charge in [0.05, 0.1) is 19.0 Å². The lowest BCUT2D eigenvalue weighted by atomic mass is 10.1. The van der Waals surface area contributed by atoms with Crippen LogP contribution in [0.25, 0.3) is 5.69 Å². The first kappa shape index (κ1) is 24.0. The van der Waals surface area contributed by atoms with Gasteiger partial charge >= 0.3 is 0 Å². The lowest BCUT2D eigenvalue weighted by Gasteiger charge is -2.32. The minimum atomic E-state index is -3.78. The number of piperidine rings is 1. The highest BCUT2D eigenvalue weighted by Crippen LogP contribution is 2.31. The van der Waals surface area contributed by atoms with Crippen LogP contribution in [0, 0.1) is 0 Å². The Morgan fingerprint density at radius 3 is 2.71 bits per heavy atom. The van der Waals surface area contributed by atoms with E-state index in [4.69, 9.17) is 4.74 Å². The predicted molar refractivity (Wildman–Crippen MR) is 130 cm³/mol. The van der Waals surface area contributed by atoms with Gasteiger partial charge < -0.3 is 10.1 Å². The summed E-state index contributed by atoms with van der Waals surface area (Å²) >= 11 is 0. The summed E-state index contributed by atoms with van der Waals surface area (Å²) in [7, 11) is -2.35. The summed E-state index contributed by atoms with van der Waals surface area (Å²) in [6.07, 6.45) is 6.97. The van der Waals surface area contributed by atoms with E-state index in [0.717, 1.165) is 30.5 Å². The maximum absolute atomic E-state index is 13.4. The number of amides is 1. The molecule has 1 aromatic heterocycles. The van der Waals surface area contributed by atoms with E-state index >= 15 is 0 Å². The van der Waals surface area contributed by atoms with E-state index in [1.54, 1.807) is 23.0 Å². The van der Waals surface area contributed by atoms with Crippen LogP contribution in [0.3, 0.4) is 0 Å². The Labute approximate surface area is 200 Å². The van der Waals surface area contributed by atoms with Gasteiger partial charge in [-0.15, -0.1) is 0 Å². The van der Waals surface area contributed by atoms with Crippen LogP contribution >= 0.6 is 0 Å². The third-order valence-electron chi connectivity index (χ3n) is 6.11. The van der Waals surface area contributed by atoms with Crippen LogP contribution in [0.4, 0.5) is 0 Å². The topological polar surface area (TPSA) is 93.5 Å². The molecule has 1 fully saturated rings. The summed E-state index contributed by atoms with van der Waals surface area (Å²) in [4.78, 5) is 12.8. The minimum absolute atomic E-state index is 0.0283. The van der Waals surface area contributed by atoms with E-state index in [0.29, 0.717) is 19.5 Å². The fourth-order valence-electron chi connectivity index (χ4n) is 4.21. The molecule has 2 heterocycles. The van der Waals surface area contributed by atoms with Crippen LogP contribution < -0.4 is 10.1 Å². The second-order valence-corrected chi connectivity index (χ2v) is 10.3. The van der Waals surface area contributed by atoms with E-state index in [1.165, 1.54) is 17.5 Å². The monoisotopic (exact) mass is 482 g/mol. The molecule has 1 aliphatic heterocycles. The standard InChI is InChI=1S/C25H30N4O4S/c1-19-8-6-7-15-29(19)34(31,32)24-16-21(11-12-23(24)33-2)25(30)26-14-13-20-17-27-28(18-20)22-9-4-3-5-10-22/h3-5,9-12,16-19H,6-8,13-15H2,1-2H3,(H,26,30). The third-order valence-corrected chi connectivity index (χ3v) is 8.15. The fraction of sp³-hybridized carbons (Fsp3) is 0.360. The van der Waals surface area contributed by atoms with Gasteiger partial charge in [0.2, 0.25) is 10.0 Å². The first-order chi connectivity index (χ1) is 16.4. The van der Waals surface area contributed by atoms with Gasteiger partial charge in [0.15, 0.2) is 0 Å². The molecule has 1 amide bonds. The van der Waals surface area contributed by atoms with Crippen molar-refractivity contribution in [2.24, 2.45) is 0 Å². The lowest BCUT2D eigenvalue weighted by Crippen LogP contribution is -2.42. The molecule has 4 rings (SSSR count). The summed E-state index contributed by atoms with van der Waals surface area (Å²) in [6, 6.07) is 14.2. The Morgan fingerprint density at radius 2 is 1.97 bits per heavy atom. The van der Waals surface area contributed by atoms with Crippen LogP contribution in [0.5, 0.6) is 5.75 Å². The zero-order valence-electron chi connectivity index (χ0n) is 19.5. The highest BCUT2D eigenvalue weighted by atomic mass is 32.2. The molecular weight excluding hydrogens is 452 g/mol. The number of aromatic nitrogens is 2. The van der Waals surface area contributed by atoms with Crippen molar-refractivity contribution in [3.63, 3.8) is 0 Å². The molecule has 0 radical (unpaired) electrons. The maximum atomic E-state index is 13.4. The van der Waals surface area contributed by atoms with Gasteiger partial charge in [0.25, 0.3) is 5.91 Å². The van der Waals surface area contributed by atoms with E-state index in [-0.39, 0.29) is 28.2 Å². The van der Waals surface area contributed by atoms with Crippen molar-refractivity contribution in [2.45, 2.75) is 43.5 Å². The Balaban J connectivity index is 1.44. The SMILES string of the molecule is COc1ccc(C(=O)NCCc2cnn(-c3ccccc3)c2)cc1S(=O)(=O)N1CCCCC1C. The molecule has 0 saturated carbocycles. The van der Waals surface area contributed by atoms with E-state index < -0.39 is 10.0 Å². The summed E-state index contributed by atoms with van der Waals surface area (Å²) in [5.74, 6) is -0.0936. The van der Waals surface area contributed by atoms with Crippen molar-refractivity contribution < 1.29 is 17.9 Å². The summed E-state index contributed by atoms with van der Waals surface area (Å²) < 4.78 is 35.4. The normalized spacial score (nSPS) is 16.8. The summed E-state index contributed by atoms with van der Waals surface area (Å²) in [5.41, 5.74) is 2.23. The van der Waals surface area contributed by atoms with Crippen molar-refractivity contribution >= 4 is 15.9 Å². The molecule has 1 saturated heterocycles. The number of para-hydroxylation sites is 1. The number of rotatable bonds is 8. The first-order valence-electron chi connectivity index (χ1n) is 11.5. The number of benzene rings is 2. The Hall–Kier alpha value is -3.17. The van der Waals surface area contributed by atoms with Gasteiger partial charge in [-0.05, 0) is 62.1 Å². The molecule has 8 nitrogen and oxygen atoms in total. The lowest BCUT2D eigenvalue weighted by molar-refractivity contribution is 0.0954. The van der Waals surface area contributed by atoms with Crippen molar-refractivity contribution in [2.75, 3.05) is 20.2 Å². The van der Waals surface area contributed by atoms with Crippen LogP contribution in [-0.2, 0) is 16.4 Å². The number of methoxy groups -OCH3 is 1. The maximum Gasteiger partial charge on any atom is 0.251 e. The number of carbonyl (C=O) groups excluding carboxylic acids is 1. The molecule has 1 N–H and O–H groups in total. The third kappa shape index (κ3) is 5.15. The summed E-state index contributed by atoms with van der Waals surface area (Å²) in [6.45, 7) is 2.79. The number of nitrogens with zero attached hydrogens (tertiary/aromatic N) is 3. The molecule has 1 aliphatic rings. The van der Waals surface area contributed by atoms with E-state index in [2.05, 4.69) is 10.4 Å². The first-order valence-corrected chi connectivity index (χ1v) is 12.9. The molecular formula is C25H30N4O4S. The molecule has 2 aromatic carbocycles. The van der Waals surface area contributed by atoms with Crippen molar-refractivity contribution in [1.29, 1.82) is 0 Å². The average Bonchev–Trinajstić information content (AvgIpc) is 3.33. The Bertz CT molecular complexity index is 1240. The Morgan fingerprint density at radius 1 is 1.18 bits per heavy atom. The van der Waals surface area contributed by atoms with Crippen LogP contribution in [-0.4, -0.2) is 54.7 Å². The zero-order chi connectivity index (χ0) is 24.1. The predicted octanol–water partition coefficient (Wildman–Crippen LogP) is 3.42. The molecule has 1 atom stereocenters. The summed E-state index contributed by atoms with van der Waals surface area (Å²) in [5, 5.41) is 7.24. The molecule has 9 heteroatoms. The molecule has 0 aliphatic carbocycles. The number of nitrogens with one attached hydrogen (secondary N) is 1. The van der Waals surface area contributed by atoms with Crippen LogP contribution in [0.1, 0.15) is 42.1 Å². The van der Waals surface area contributed by atoms with Gasteiger partial charge in [-0.2, -0.15) is 9.40 Å². The molecule has 0 bridgehead atoms. The van der Waals surface area contributed by atoms with Gasteiger partial charge in [-0.3, -0.25) is 4.79 Å². The largest absolute Gasteiger partial charge is 0.495 e. The molecule has 0 spiro atoms.